The molecule has 2 bridgehead atoms. The third-order valence-electron chi connectivity index (χ3n) is 7.93. The predicted molar refractivity (Wildman–Crippen MR) is 106 cm³/mol. The topological polar surface area (TPSA) is 76.2 Å². The van der Waals surface area contributed by atoms with Gasteiger partial charge in [0.15, 0.2) is 0 Å². The molecular formula is C23H24N2O5. The van der Waals surface area contributed by atoms with Crippen LogP contribution in [0.25, 0.3) is 0 Å². The average molecular weight is 408 g/mol. The zero-order valence-electron chi connectivity index (χ0n) is 17.0. The van der Waals surface area contributed by atoms with Crippen LogP contribution in [0.3, 0.4) is 0 Å². The molecule has 5 aliphatic rings. The van der Waals surface area contributed by atoms with E-state index < -0.39 is 29.0 Å². The van der Waals surface area contributed by atoms with Crippen LogP contribution < -0.4 is 4.90 Å². The first kappa shape index (κ1) is 18.1. The molecule has 0 aromatic heterocycles. The Balaban J connectivity index is 1.51. The fourth-order valence-electron chi connectivity index (χ4n) is 6.63. The van der Waals surface area contributed by atoms with Crippen LogP contribution in [0.2, 0.25) is 0 Å². The number of hydrogen-bond donors (Lipinski definition) is 0. The fourth-order valence-corrected chi connectivity index (χ4v) is 6.63. The summed E-state index contributed by atoms with van der Waals surface area (Å²) in [5.74, 6) is -0.999. The van der Waals surface area contributed by atoms with E-state index in [1.807, 2.05) is 46.2 Å². The number of carbonyl (C=O) groups excluding carboxylic acids is 3. The van der Waals surface area contributed by atoms with Crippen LogP contribution in [-0.2, 0) is 23.9 Å². The lowest BCUT2D eigenvalue weighted by molar-refractivity contribution is -0.157. The molecule has 156 valence electrons. The van der Waals surface area contributed by atoms with Crippen LogP contribution in [0.5, 0.6) is 0 Å². The van der Waals surface area contributed by atoms with E-state index in [1.165, 1.54) is 7.11 Å². The van der Waals surface area contributed by atoms with Gasteiger partial charge in [-0.25, -0.2) is 0 Å². The lowest BCUT2D eigenvalue weighted by Crippen LogP contribution is -2.51. The maximum absolute atomic E-state index is 13.8. The van der Waals surface area contributed by atoms with E-state index in [-0.39, 0.29) is 23.9 Å². The number of benzene rings is 1. The number of likely N-dealkylation sites (tertiary alicyclic amines) is 1. The SMILES string of the molecule is COC(=O)[C@@]1(C)[C@@H]2C=C[C@]3(O2)[C@@H]2C[C@H](N4CCCC4=O)c4ccccc4N2C(=O)[C@H]31. The summed E-state index contributed by atoms with van der Waals surface area (Å²) in [4.78, 5) is 43.0. The summed E-state index contributed by atoms with van der Waals surface area (Å²) >= 11 is 0. The highest BCUT2D eigenvalue weighted by molar-refractivity contribution is 6.05. The molecule has 1 spiro atoms. The number of carbonyl (C=O) groups is 3. The van der Waals surface area contributed by atoms with Crippen molar-refractivity contribution >= 4 is 23.5 Å². The molecule has 7 nitrogen and oxygen atoms in total. The van der Waals surface area contributed by atoms with Gasteiger partial charge in [-0.1, -0.05) is 30.4 Å². The molecule has 0 N–H and O–H groups in total. The lowest BCUT2D eigenvalue weighted by Gasteiger charge is -2.43. The van der Waals surface area contributed by atoms with E-state index in [4.69, 9.17) is 9.47 Å². The van der Waals surface area contributed by atoms with Gasteiger partial charge >= 0.3 is 5.97 Å². The molecule has 1 aromatic rings. The van der Waals surface area contributed by atoms with Crippen molar-refractivity contribution in [2.75, 3.05) is 18.6 Å². The van der Waals surface area contributed by atoms with Crippen molar-refractivity contribution in [1.29, 1.82) is 0 Å². The minimum atomic E-state index is -1.06. The molecule has 6 rings (SSSR count). The van der Waals surface area contributed by atoms with Crippen molar-refractivity contribution in [3.63, 3.8) is 0 Å². The van der Waals surface area contributed by atoms with Gasteiger partial charge in [0, 0.05) is 18.7 Å². The van der Waals surface area contributed by atoms with E-state index in [9.17, 15) is 14.4 Å². The second-order valence-corrected chi connectivity index (χ2v) is 9.18. The quantitative estimate of drug-likeness (QED) is 0.553. The van der Waals surface area contributed by atoms with Gasteiger partial charge in [-0.05, 0) is 31.4 Å². The van der Waals surface area contributed by atoms with Gasteiger partial charge in [-0.3, -0.25) is 14.4 Å². The number of esters is 1. The first-order chi connectivity index (χ1) is 14.4. The minimum Gasteiger partial charge on any atom is -0.468 e. The van der Waals surface area contributed by atoms with E-state index in [0.717, 1.165) is 24.2 Å². The smallest absolute Gasteiger partial charge is 0.315 e. The van der Waals surface area contributed by atoms with Crippen molar-refractivity contribution < 1.29 is 23.9 Å². The Morgan fingerprint density at radius 2 is 2.07 bits per heavy atom. The maximum Gasteiger partial charge on any atom is 0.315 e. The summed E-state index contributed by atoms with van der Waals surface area (Å²) in [6.07, 6.45) is 5.42. The Hall–Kier alpha value is -2.67. The van der Waals surface area contributed by atoms with E-state index in [0.29, 0.717) is 12.8 Å². The van der Waals surface area contributed by atoms with Crippen LogP contribution >= 0.6 is 0 Å². The number of hydrogen-bond acceptors (Lipinski definition) is 5. The third-order valence-corrected chi connectivity index (χ3v) is 7.93. The Bertz CT molecular complexity index is 1020. The van der Waals surface area contributed by atoms with Crippen LogP contribution in [0, 0.1) is 11.3 Å². The highest BCUT2D eigenvalue weighted by atomic mass is 16.5. The predicted octanol–water partition coefficient (Wildman–Crippen LogP) is 1.97. The number of para-hydroxylation sites is 1. The Labute approximate surface area is 174 Å². The van der Waals surface area contributed by atoms with Crippen molar-refractivity contribution in [2.24, 2.45) is 11.3 Å². The van der Waals surface area contributed by atoms with Gasteiger partial charge in [0.25, 0.3) is 0 Å². The third kappa shape index (κ3) is 1.88. The first-order valence-electron chi connectivity index (χ1n) is 10.6. The van der Waals surface area contributed by atoms with Crippen LogP contribution in [0.15, 0.2) is 36.4 Å². The Morgan fingerprint density at radius 1 is 1.27 bits per heavy atom. The van der Waals surface area contributed by atoms with E-state index in [1.54, 1.807) is 6.92 Å². The van der Waals surface area contributed by atoms with E-state index >= 15 is 0 Å². The molecular weight excluding hydrogens is 384 g/mol. The summed E-state index contributed by atoms with van der Waals surface area (Å²) in [5, 5.41) is 0. The van der Waals surface area contributed by atoms with E-state index in [2.05, 4.69) is 0 Å². The van der Waals surface area contributed by atoms with Gasteiger partial charge in [0.1, 0.15) is 11.0 Å². The zero-order chi connectivity index (χ0) is 20.8. The second kappa shape index (κ2) is 5.72. The number of methoxy groups -OCH3 is 1. The van der Waals surface area contributed by atoms with Crippen molar-refractivity contribution in [1.82, 2.24) is 4.90 Å². The lowest BCUT2D eigenvalue weighted by atomic mass is 9.64. The van der Waals surface area contributed by atoms with Crippen LogP contribution in [-0.4, -0.2) is 54.1 Å². The molecule has 6 atom stereocenters. The summed E-state index contributed by atoms with van der Waals surface area (Å²) in [6.45, 7) is 2.51. The number of ether oxygens (including phenoxy) is 2. The molecule has 3 fully saturated rings. The van der Waals surface area contributed by atoms with Crippen LogP contribution in [0.1, 0.15) is 37.8 Å². The van der Waals surface area contributed by atoms with Crippen molar-refractivity contribution in [2.45, 2.75) is 50.0 Å². The monoisotopic (exact) mass is 408 g/mol. The van der Waals surface area contributed by atoms with Crippen molar-refractivity contribution in [3.05, 3.63) is 42.0 Å². The number of anilines is 1. The number of fused-ring (bicyclic) bond motifs is 4. The second-order valence-electron chi connectivity index (χ2n) is 9.18. The van der Waals surface area contributed by atoms with Gasteiger partial charge in [0.05, 0.1) is 31.2 Å². The van der Waals surface area contributed by atoms with Crippen LogP contribution in [0.4, 0.5) is 5.69 Å². The fraction of sp³-hybridized carbons (Fsp3) is 0.522. The van der Waals surface area contributed by atoms with Gasteiger partial charge in [-0.2, -0.15) is 0 Å². The summed E-state index contributed by atoms with van der Waals surface area (Å²) in [7, 11) is 1.35. The number of nitrogens with zero attached hydrogens (tertiary/aromatic N) is 2. The molecule has 7 heteroatoms. The minimum absolute atomic E-state index is 0.0978. The van der Waals surface area contributed by atoms with Gasteiger partial charge < -0.3 is 19.3 Å². The molecule has 0 radical (unpaired) electrons. The standard InChI is InChI=1S/C23H24N2O5/c1-22(21(28)29-2)17-9-10-23(30-17)16-12-15(24-11-5-8-18(24)26)13-6-3-4-7-14(13)25(16)20(27)19(22)23/h3-4,6-7,9-10,15-17,19H,5,8,11-12H2,1-2H3/t15-,16-,17-,19-,22-,23-/m0/s1. The summed E-state index contributed by atoms with van der Waals surface area (Å²) in [5.41, 5.74) is -0.127. The van der Waals surface area contributed by atoms with Gasteiger partial charge in [0.2, 0.25) is 11.8 Å². The highest BCUT2D eigenvalue weighted by Gasteiger charge is 2.77. The Kier molecular flexibility index (Phi) is 3.46. The first-order valence-corrected chi connectivity index (χ1v) is 10.6. The number of rotatable bonds is 2. The average Bonchev–Trinajstić information content (AvgIpc) is 3.49. The largest absolute Gasteiger partial charge is 0.468 e. The Morgan fingerprint density at radius 3 is 2.80 bits per heavy atom. The van der Waals surface area contributed by atoms with Gasteiger partial charge in [-0.15, -0.1) is 0 Å². The molecule has 30 heavy (non-hydrogen) atoms. The molecule has 0 unspecified atom stereocenters. The maximum atomic E-state index is 13.8. The molecule has 3 saturated heterocycles. The zero-order valence-corrected chi connectivity index (χ0v) is 17.0. The molecule has 0 saturated carbocycles. The summed E-state index contributed by atoms with van der Waals surface area (Å²) in [6, 6.07) is 7.45. The highest BCUT2D eigenvalue weighted by Crippen LogP contribution is 2.64. The molecule has 5 aliphatic heterocycles. The molecule has 1 aromatic carbocycles. The normalized spacial score (nSPS) is 40.6. The molecule has 5 heterocycles. The molecule has 2 amide bonds. The molecule has 0 aliphatic carbocycles. The summed E-state index contributed by atoms with van der Waals surface area (Å²) < 4.78 is 11.5. The van der Waals surface area contributed by atoms with Crippen molar-refractivity contribution in [3.8, 4) is 0 Å². The number of amides is 2.